The first-order valence-corrected chi connectivity index (χ1v) is 9.55. The minimum atomic E-state index is 1.05. The molecule has 2 saturated heterocycles. The molecule has 2 aromatic rings. The van der Waals surface area contributed by atoms with Gasteiger partial charge in [0.15, 0.2) is 5.82 Å². The lowest BCUT2D eigenvalue weighted by Gasteiger charge is -2.43. The van der Waals surface area contributed by atoms with E-state index < -0.39 is 0 Å². The van der Waals surface area contributed by atoms with E-state index in [2.05, 4.69) is 29.2 Å². The van der Waals surface area contributed by atoms with Gasteiger partial charge >= 0.3 is 0 Å². The van der Waals surface area contributed by atoms with Crippen molar-refractivity contribution >= 4 is 27.4 Å². The van der Waals surface area contributed by atoms with E-state index in [-0.39, 0.29) is 0 Å². The van der Waals surface area contributed by atoms with Gasteiger partial charge in [-0.25, -0.2) is 0 Å². The second-order valence-electron chi connectivity index (χ2n) is 7.59. The van der Waals surface area contributed by atoms with Gasteiger partial charge < -0.3 is 9.38 Å². The highest BCUT2D eigenvalue weighted by Crippen LogP contribution is 2.42. The Kier molecular flexibility index (Phi) is 2.99. The monoisotopic (exact) mass is 314 g/mol. The van der Waals surface area contributed by atoms with Crippen LogP contribution in [0.1, 0.15) is 19.3 Å². The maximum absolute atomic E-state index is 4.75. The summed E-state index contributed by atoms with van der Waals surface area (Å²) in [6.07, 6.45) is 4.50. The Morgan fingerprint density at radius 2 is 1.77 bits per heavy atom. The summed E-state index contributed by atoms with van der Waals surface area (Å²) in [6.45, 7) is 7.98. The van der Waals surface area contributed by atoms with Crippen LogP contribution >= 0.6 is 11.5 Å². The van der Waals surface area contributed by atoms with Crippen molar-refractivity contribution in [3.05, 3.63) is 24.3 Å². The largest absolute Gasteiger partial charge is 0.344 e. The van der Waals surface area contributed by atoms with E-state index in [0.29, 0.717) is 0 Å². The number of hydrogen-bond donors (Lipinski definition) is 0. The first-order valence-electron chi connectivity index (χ1n) is 8.77. The SMILES string of the molecule is c1ccc2c(N3CC[N+]4(CC3)C[C@H]3CCC[C@@H]3C4)nsc2c1. The predicted molar refractivity (Wildman–Crippen MR) is 92.4 cm³/mol. The van der Waals surface area contributed by atoms with Crippen LogP contribution in [0.5, 0.6) is 0 Å². The molecule has 3 aliphatic rings. The zero-order chi connectivity index (χ0) is 14.6. The molecule has 3 nitrogen and oxygen atoms in total. The Morgan fingerprint density at radius 3 is 2.55 bits per heavy atom. The number of rotatable bonds is 1. The summed E-state index contributed by atoms with van der Waals surface area (Å²) in [4.78, 5) is 2.54. The van der Waals surface area contributed by atoms with E-state index in [9.17, 15) is 0 Å². The van der Waals surface area contributed by atoms with Crippen molar-refractivity contribution in [1.82, 2.24) is 4.37 Å². The number of nitrogens with zero attached hydrogens (tertiary/aromatic N) is 3. The van der Waals surface area contributed by atoms with E-state index in [1.54, 1.807) is 11.5 Å². The summed E-state index contributed by atoms with van der Waals surface area (Å²) in [7, 11) is 0. The molecule has 3 fully saturated rings. The third-order valence-electron chi connectivity index (χ3n) is 6.41. The maximum atomic E-state index is 4.75. The molecule has 116 valence electrons. The van der Waals surface area contributed by atoms with Crippen LogP contribution < -0.4 is 4.90 Å². The van der Waals surface area contributed by atoms with Gasteiger partial charge in [-0.15, -0.1) is 0 Å². The van der Waals surface area contributed by atoms with E-state index >= 15 is 0 Å². The van der Waals surface area contributed by atoms with E-state index in [4.69, 9.17) is 4.37 Å². The second-order valence-corrected chi connectivity index (χ2v) is 8.40. The summed E-state index contributed by atoms with van der Waals surface area (Å²) in [5.41, 5.74) is 0. The van der Waals surface area contributed by atoms with Crippen LogP contribution in [0.3, 0.4) is 0 Å². The Balaban J connectivity index is 1.34. The zero-order valence-corrected chi connectivity index (χ0v) is 13.9. The fourth-order valence-corrected chi connectivity index (χ4v) is 6.03. The summed E-state index contributed by atoms with van der Waals surface area (Å²) in [6, 6.07) is 8.67. The van der Waals surface area contributed by atoms with Gasteiger partial charge in [0.25, 0.3) is 0 Å². The number of hydrogen-bond acceptors (Lipinski definition) is 3. The van der Waals surface area contributed by atoms with Crippen LogP contribution in [0.4, 0.5) is 5.82 Å². The van der Waals surface area contributed by atoms with Gasteiger partial charge in [-0.2, -0.15) is 4.37 Å². The van der Waals surface area contributed by atoms with Crippen molar-refractivity contribution in [2.45, 2.75) is 19.3 Å². The van der Waals surface area contributed by atoms with Gasteiger partial charge in [0.05, 0.1) is 44.0 Å². The van der Waals surface area contributed by atoms with Crippen LogP contribution in [0.25, 0.3) is 10.1 Å². The topological polar surface area (TPSA) is 16.1 Å². The molecule has 0 bridgehead atoms. The van der Waals surface area contributed by atoms with Crippen LogP contribution in [-0.4, -0.2) is 48.1 Å². The van der Waals surface area contributed by atoms with E-state index in [1.165, 1.54) is 78.9 Å². The average molecular weight is 314 g/mol. The third-order valence-corrected chi connectivity index (χ3v) is 7.22. The molecule has 4 heteroatoms. The fraction of sp³-hybridized carbons (Fsp3) is 0.611. The molecule has 1 spiro atoms. The number of benzene rings is 1. The minimum Gasteiger partial charge on any atom is -0.344 e. The highest BCUT2D eigenvalue weighted by molar-refractivity contribution is 7.13. The molecule has 1 aliphatic carbocycles. The number of aromatic nitrogens is 1. The number of piperazine rings is 1. The molecule has 1 aromatic carbocycles. The van der Waals surface area contributed by atoms with Gasteiger partial charge in [0.2, 0.25) is 0 Å². The molecule has 1 aromatic heterocycles. The first kappa shape index (κ1) is 13.3. The van der Waals surface area contributed by atoms with Crippen molar-refractivity contribution in [2.24, 2.45) is 11.8 Å². The van der Waals surface area contributed by atoms with Gasteiger partial charge in [-0.05, 0) is 36.5 Å². The third kappa shape index (κ3) is 2.00. The molecule has 22 heavy (non-hydrogen) atoms. The van der Waals surface area contributed by atoms with Crippen molar-refractivity contribution in [2.75, 3.05) is 44.2 Å². The highest BCUT2D eigenvalue weighted by Gasteiger charge is 2.48. The number of anilines is 1. The lowest BCUT2D eigenvalue weighted by atomic mass is 10.0. The molecule has 2 aliphatic heterocycles. The molecule has 0 unspecified atom stereocenters. The summed E-state index contributed by atoms with van der Waals surface area (Å²) in [5.74, 6) is 3.33. The van der Waals surface area contributed by atoms with Crippen molar-refractivity contribution in [3.63, 3.8) is 0 Å². The predicted octanol–water partition coefficient (Wildman–Crippen LogP) is 3.36. The first-order chi connectivity index (χ1) is 10.8. The van der Waals surface area contributed by atoms with Crippen molar-refractivity contribution < 1.29 is 4.48 Å². The Morgan fingerprint density at radius 1 is 1.05 bits per heavy atom. The van der Waals surface area contributed by atoms with Crippen LogP contribution in [0.2, 0.25) is 0 Å². The Labute approximate surface area is 136 Å². The van der Waals surface area contributed by atoms with Gasteiger partial charge in [-0.1, -0.05) is 18.6 Å². The molecule has 1 saturated carbocycles. The Bertz CT molecular complexity index is 672. The number of quaternary nitrogens is 1. The highest BCUT2D eigenvalue weighted by atomic mass is 32.1. The zero-order valence-electron chi connectivity index (χ0n) is 13.1. The van der Waals surface area contributed by atoms with Crippen LogP contribution in [0, 0.1) is 11.8 Å². The quantitative estimate of drug-likeness (QED) is 0.750. The minimum absolute atomic E-state index is 1.05. The molecule has 5 rings (SSSR count). The molecular weight excluding hydrogens is 290 g/mol. The van der Waals surface area contributed by atoms with Crippen molar-refractivity contribution in [1.29, 1.82) is 0 Å². The smallest absolute Gasteiger partial charge is 0.150 e. The molecule has 3 heterocycles. The van der Waals surface area contributed by atoms with Crippen molar-refractivity contribution in [3.8, 4) is 0 Å². The normalized spacial score (nSPS) is 30.3. The lowest BCUT2D eigenvalue weighted by Crippen LogP contribution is -2.58. The van der Waals surface area contributed by atoms with Crippen LogP contribution in [-0.2, 0) is 0 Å². The van der Waals surface area contributed by atoms with Gasteiger partial charge in [-0.3, -0.25) is 0 Å². The van der Waals surface area contributed by atoms with E-state index in [1.807, 2.05) is 0 Å². The molecule has 0 radical (unpaired) electrons. The lowest BCUT2D eigenvalue weighted by molar-refractivity contribution is -0.920. The average Bonchev–Trinajstić information content (AvgIpc) is 3.22. The van der Waals surface area contributed by atoms with Gasteiger partial charge in [0.1, 0.15) is 0 Å². The number of fused-ring (bicyclic) bond motifs is 2. The van der Waals surface area contributed by atoms with Crippen LogP contribution in [0.15, 0.2) is 24.3 Å². The molecule has 0 N–H and O–H groups in total. The summed E-state index contributed by atoms with van der Waals surface area (Å²) >= 11 is 1.65. The fourth-order valence-electron chi connectivity index (χ4n) is 5.23. The Hall–Kier alpha value is -1.13. The van der Waals surface area contributed by atoms with E-state index in [0.717, 1.165) is 11.8 Å². The maximum Gasteiger partial charge on any atom is 0.150 e. The molecule has 0 amide bonds. The summed E-state index contributed by atoms with van der Waals surface area (Å²) < 4.78 is 7.48. The van der Waals surface area contributed by atoms with Gasteiger partial charge in [0, 0.05) is 17.2 Å². The summed E-state index contributed by atoms with van der Waals surface area (Å²) in [5, 5.41) is 1.35. The molecular formula is C18H24N3S+. The second kappa shape index (κ2) is 4.93. The standard InChI is InChI=1S/C18H24N3S/c1-2-7-17-16(6-1)18(19-22-17)20-8-10-21(11-9-20)12-14-4-3-5-15(14)13-21/h1-2,6-7,14-15H,3-5,8-13H2/q+1/t14-,15-/m1/s1. The molecule has 2 atom stereocenters.